The Kier molecular flexibility index (Phi) is 5.85. The Bertz CT molecular complexity index is 785. The number of hydrogen-bond donors (Lipinski definition) is 0. The first-order chi connectivity index (χ1) is 13.5. The van der Waals surface area contributed by atoms with Gasteiger partial charge in [-0.2, -0.15) is 0 Å². The number of likely N-dealkylation sites (tertiary alicyclic amines) is 1. The van der Waals surface area contributed by atoms with Gasteiger partial charge in [-0.15, -0.1) is 0 Å². The monoisotopic (exact) mass is 410 g/mol. The maximum atomic E-state index is 14.1. The molecule has 1 aromatic rings. The van der Waals surface area contributed by atoms with E-state index in [-0.39, 0.29) is 17.8 Å². The molecule has 0 radical (unpaired) electrons. The summed E-state index contributed by atoms with van der Waals surface area (Å²) in [6, 6.07) is 2.96. The average Bonchev–Trinajstić information content (AvgIpc) is 2.59. The molecule has 29 heavy (non-hydrogen) atoms. The number of hydrogen-bond acceptors (Lipinski definition) is 4. The summed E-state index contributed by atoms with van der Waals surface area (Å²) in [4.78, 5) is 28.4. The van der Waals surface area contributed by atoms with Crippen molar-refractivity contribution in [3.63, 3.8) is 0 Å². The highest BCUT2D eigenvalue weighted by molar-refractivity contribution is 5.94. The number of halogens is 2. The van der Waals surface area contributed by atoms with Gasteiger partial charge in [0.15, 0.2) is 0 Å². The Hall–Kier alpha value is -2.22. The van der Waals surface area contributed by atoms with Gasteiger partial charge in [0.25, 0.3) is 5.91 Å². The molecular weight excluding hydrogens is 382 g/mol. The lowest BCUT2D eigenvalue weighted by molar-refractivity contribution is -0.160. The van der Waals surface area contributed by atoms with E-state index in [1.807, 2.05) is 27.7 Å². The number of amides is 2. The summed E-state index contributed by atoms with van der Waals surface area (Å²) in [5.41, 5.74) is -1.31. The SMILES string of the molecule is CC1CN(C(=O)c2ccc(F)cc2F)CC2(CCN(C(=O)OC(C)(C)C)CC2)O1. The lowest BCUT2D eigenvalue weighted by atomic mass is 9.88. The Morgan fingerprint density at radius 1 is 1.17 bits per heavy atom. The van der Waals surface area contributed by atoms with Crippen molar-refractivity contribution in [3.05, 3.63) is 35.4 Å². The van der Waals surface area contributed by atoms with Crippen molar-refractivity contribution in [2.75, 3.05) is 26.2 Å². The molecular formula is C21H28F2N2O4. The van der Waals surface area contributed by atoms with Crippen LogP contribution in [-0.4, -0.2) is 65.3 Å². The zero-order valence-electron chi connectivity index (χ0n) is 17.3. The van der Waals surface area contributed by atoms with Crippen LogP contribution in [0.3, 0.4) is 0 Å². The molecule has 1 atom stereocenters. The molecule has 0 aliphatic carbocycles. The van der Waals surface area contributed by atoms with Crippen molar-refractivity contribution in [3.8, 4) is 0 Å². The number of nitrogens with zero attached hydrogens (tertiary/aromatic N) is 2. The first kappa shape index (κ1) is 21.5. The number of rotatable bonds is 1. The van der Waals surface area contributed by atoms with E-state index >= 15 is 0 Å². The molecule has 1 unspecified atom stereocenters. The zero-order chi connectivity index (χ0) is 21.4. The topological polar surface area (TPSA) is 59.1 Å². The molecule has 0 bridgehead atoms. The summed E-state index contributed by atoms with van der Waals surface area (Å²) in [6.07, 6.45) is 0.500. The molecule has 2 aliphatic heterocycles. The molecule has 1 aromatic carbocycles. The van der Waals surface area contributed by atoms with Gasteiger partial charge < -0.3 is 19.3 Å². The number of carbonyl (C=O) groups excluding carboxylic acids is 2. The standard InChI is InChI=1S/C21H28F2N2O4/c1-14-12-25(18(26)16-6-5-15(22)11-17(16)23)13-21(28-14)7-9-24(10-8-21)19(27)29-20(2,3)4/h5-6,11,14H,7-10,12-13H2,1-4H3. The lowest BCUT2D eigenvalue weighted by Crippen LogP contribution is -2.60. The van der Waals surface area contributed by atoms with E-state index in [0.29, 0.717) is 45.1 Å². The molecule has 2 aliphatic rings. The van der Waals surface area contributed by atoms with Crippen molar-refractivity contribution in [1.29, 1.82) is 0 Å². The predicted octanol–water partition coefficient (Wildman–Crippen LogP) is 3.60. The van der Waals surface area contributed by atoms with Gasteiger partial charge in [-0.3, -0.25) is 4.79 Å². The third-order valence-electron chi connectivity index (χ3n) is 5.18. The van der Waals surface area contributed by atoms with Gasteiger partial charge >= 0.3 is 6.09 Å². The summed E-state index contributed by atoms with van der Waals surface area (Å²) in [5, 5.41) is 0. The van der Waals surface area contributed by atoms with Crippen molar-refractivity contribution >= 4 is 12.0 Å². The number of morpholine rings is 1. The van der Waals surface area contributed by atoms with Crippen LogP contribution in [-0.2, 0) is 9.47 Å². The molecule has 3 rings (SSSR count). The lowest BCUT2D eigenvalue weighted by Gasteiger charge is -2.49. The molecule has 8 heteroatoms. The van der Waals surface area contributed by atoms with E-state index < -0.39 is 28.7 Å². The first-order valence-corrected chi connectivity index (χ1v) is 9.88. The van der Waals surface area contributed by atoms with E-state index in [1.54, 1.807) is 9.80 Å². The van der Waals surface area contributed by atoms with E-state index in [0.717, 1.165) is 6.07 Å². The van der Waals surface area contributed by atoms with Crippen LogP contribution < -0.4 is 0 Å². The molecule has 2 heterocycles. The Morgan fingerprint density at radius 3 is 2.41 bits per heavy atom. The summed E-state index contributed by atoms with van der Waals surface area (Å²) in [6.45, 7) is 8.86. The van der Waals surface area contributed by atoms with Gasteiger partial charge in [-0.05, 0) is 52.7 Å². The molecule has 0 N–H and O–H groups in total. The fourth-order valence-corrected chi connectivity index (χ4v) is 3.91. The van der Waals surface area contributed by atoms with Crippen molar-refractivity contribution in [2.24, 2.45) is 0 Å². The van der Waals surface area contributed by atoms with Gasteiger partial charge in [-0.1, -0.05) is 0 Å². The third kappa shape index (κ3) is 5.04. The third-order valence-corrected chi connectivity index (χ3v) is 5.18. The van der Waals surface area contributed by atoms with Gasteiger partial charge in [0, 0.05) is 25.7 Å². The molecule has 2 amide bonds. The van der Waals surface area contributed by atoms with Crippen molar-refractivity contribution < 1.29 is 27.8 Å². The number of carbonyl (C=O) groups is 2. The highest BCUT2D eigenvalue weighted by atomic mass is 19.1. The molecule has 0 aromatic heterocycles. The average molecular weight is 410 g/mol. The first-order valence-electron chi connectivity index (χ1n) is 9.88. The maximum absolute atomic E-state index is 14.1. The minimum atomic E-state index is -0.872. The number of benzene rings is 1. The second-order valence-electron chi connectivity index (χ2n) is 8.89. The highest BCUT2D eigenvalue weighted by Crippen LogP contribution is 2.33. The summed E-state index contributed by atoms with van der Waals surface area (Å²) < 4.78 is 38.9. The fraction of sp³-hybridized carbons (Fsp3) is 0.619. The summed E-state index contributed by atoms with van der Waals surface area (Å²) in [5.74, 6) is -2.07. The van der Waals surface area contributed by atoms with Crippen molar-refractivity contribution in [2.45, 2.75) is 57.8 Å². The maximum Gasteiger partial charge on any atom is 0.410 e. The highest BCUT2D eigenvalue weighted by Gasteiger charge is 2.44. The van der Waals surface area contributed by atoms with Gasteiger partial charge in [0.1, 0.15) is 17.2 Å². The van der Waals surface area contributed by atoms with Gasteiger partial charge in [-0.25, -0.2) is 13.6 Å². The zero-order valence-corrected chi connectivity index (χ0v) is 17.3. The second kappa shape index (κ2) is 7.89. The van der Waals surface area contributed by atoms with E-state index in [4.69, 9.17) is 9.47 Å². The van der Waals surface area contributed by atoms with Crippen molar-refractivity contribution in [1.82, 2.24) is 9.80 Å². The van der Waals surface area contributed by atoms with E-state index in [2.05, 4.69) is 0 Å². The summed E-state index contributed by atoms with van der Waals surface area (Å²) in [7, 11) is 0. The van der Waals surface area contributed by atoms with Crippen LogP contribution in [0, 0.1) is 11.6 Å². The van der Waals surface area contributed by atoms with Crippen LogP contribution in [0.25, 0.3) is 0 Å². The molecule has 6 nitrogen and oxygen atoms in total. The summed E-state index contributed by atoms with van der Waals surface area (Å²) >= 11 is 0. The normalized spacial score (nSPS) is 21.9. The van der Waals surface area contributed by atoms with Crippen LogP contribution in [0.2, 0.25) is 0 Å². The van der Waals surface area contributed by atoms with E-state index in [1.165, 1.54) is 6.07 Å². The molecule has 2 saturated heterocycles. The smallest absolute Gasteiger partial charge is 0.410 e. The van der Waals surface area contributed by atoms with Crippen LogP contribution in [0.5, 0.6) is 0 Å². The van der Waals surface area contributed by atoms with Crippen LogP contribution in [0.1, 0.15) is 50.9 Å². The second-order valence-corrected chi connectivity index (χ2v) is 8.89. The molecule has 2 fully saturated rings. The van der Waals surface area contributed by atoms with E-state index in [9.17, 15) is 18.4 Å². The minimum absolute atomic E-state index is 0.151. The Labute approximate surface area is 169 Å². The molecule has 160 valence electrons. The molecule has 0 saturated carbocycles. The largest absolute Gasteiger partial charge is 0.444 e. The Balaban J connectivity index is 1.69. The Morgan fingerprint density at radius 2 is 1.83 bits per heavy atom. The quantitative estimate of drug-likeness (QED) is 0.710. The van der Waals surface area contributed by atoms with Gasteiger partial charge in [0.05, 0.1) is 23.8 Å². The fourth-order valence-electron chi connectivity index (χ4n) is 3.91. The molecule has 1 spiro atoms. The van der Waals surface area contributed by atoms with Crippen LogP contribution in [0.15, 0.2) is 18.2 Å². The van der Waals surface area contributed by atoms with Crippen LogP contribution >= 0.6 is 0 Å². The van der Waals surface area contributed by atoms with Gasteiger partial charge in [0.2, 0.25) is 0 Å². The minimum Gasteiger partial charge on any atom is -0.444 e. The van der Waals surface area contributed by atoms with Crippen LogP contribution in [0.4, 0.5) is 13.6 Å². The number of ether oxygens (including phenoxy) is 2. The predicted molar refractivity (Wildman–Crippen MR) is 103 cm³/mol. The number of piperidine rings is 1.